The third kappa shape index (κ3) is 4.36. The van der Waals surface area contributed by atoms with E-state index in [1.165, 1.54) is 0 Å². The first-order valence-corrected chi connectivity index (χ1v) is 8.37. The highest BCUT2D eigenvalue weighted by atomic mass is 16.2. The summed E-state index contributed by atoms with van der Waals surface area (Å²) in [6.07, 6.45) is 1.79. The molecule has 0 bridgehead atoms. The number of anilines is 1. The zero-order valence-corrected chi connectivity index (χ0v) is 14.5. The van der Waals surface area contributed by atoms with Crippen LogP contribution in [0.25, 0.3) is 10.9 Å². The Morgan fingerprint density at radius 3 is 2.50 bits per heavy atom. The number of carbonyl (C=O) groups is 2. The number of aryl methyl sites for hydroxylation is 1. The lowest BCUT2D eigenvalue weighted by atomic mass is 10.1. The van der Waals surface area contributed by atoms with Crippen LogP contribution in [-0.2, 0) is 9.59 Å². The van der Waals surface area contributed by atoms with Crippen LogP contribution in [0.4, 0.5) is 5.69 Å². The number of nitrogens with zero attached hydrogens (tertiary/aromatic N) is 1. The van der Waals surface area contributed by atoms with Gasteiger partial charge < -0.3 is 10.3 Å². The molecule has 0 unspecified atom stereocenters. The van der Waals surface area contributed by atoms with Crippen LogP contribution >= 0.6 is 0 Å². The Labute approximate surface area is 151 Å². The summed E-state index contributed by atoms with van der Waals surface area (Å²) in [4.78, 5) is 27.0. The van der Waals surface area contributed by atoms with Crippen molar-refractivity contribution in [1.29, 1.82) is 0 Å². The number of aromatic amines is 1. The van der Waals surface area contributed by atoms with E-state index in [2.05, 4.69) is 20.8 Å². The lowest BCUT2D eigenvalue weighted by molar-refractivity contribution is -0.124. The van der Waals surface area contributed by atoms with Crippen molar-refractivity contribution in [2.45, 2.75) is 19.8 Å². The van der Waals surface area contributed by atoms with Gasteiger partial charge in [-0.05, 0) is 25.1 Å². The van der Waals surface area contributed by atoms with Crippen molar-refractivity contribution >= 4 is 34.6 Å². The zero-order valence-electron chi connectivity index (χ0n) is 14.5. The minimum absolute atomic E-state index is 0.0723. The smallest absolute Gasteiger partial charge is 0.240 e. The minimum atomic E-state index is -0.304. The maximum absolute atomic E-state index is 11.9. The van der Waals surface area contributed by atoms with Crippen molar-refractivity contribution in [3.8, 4) is 0 Å². The van der Waals surface area contributed by atoms with E-state index < -0.39 is 0 Å². The molecule has 3 aromatic rings. The molecule has 1 aromatic heterocycles. The molecule has 0 saturated heterocycles. The average Bonchev–Trinajstić information content (AvgIpc) is 2.96. The van der Waals surface area contributed by atoms with Gasteiger partial charge in [-0.15, -0.1) is 0 Å². The van der Waals surface area contributed by atoms with Gasteiger partial charge in [0.2, 0.25) is 11.8 Å². The Hall–Kier alpha value is -3.41. The van der Waals surface area contributed by atoms with Gasteiger partial charge in [-0.25, -0.2) is 5.43 Å². The fraction of sp³-hybridized carbons (Fsp3) is 0.150. The van der Waals surface area contributed by atoms with E-state index in [0.717, 1.165) is 22.2 Å². The van der Waals surface area contributed by atoms with Gasteiger partial charge in [-0.2, -0.15) is 5.10 Å². The first kappa shape index (κ1) is 17.4. The van der Waals surface area contributed by atoms with Gasteiger partial charge in [-0.3, -0.25) is 9.59 Å². The number of rotatable bonds is 6. The van der Waals surface area contributed by atoms with Gasteiger partial charge in [-0.1, -0.05) is 36.4 Å². The molecule has 0 atom stereocenters. The molecule has 26 heavy (non-hydrogen) atoms. The standard InChI is InChI=1S/C20H20N4O2/c1-14-17(16-9-5-6-10-18(16)22-14)13-21-24-20(26)12-11-19(25)23-15-7-3-2-4-8-15/h2-10,13,22H,11-12H2,1H3,(H,23,25)(H,24,26)/b21-13+. The van der Waals surface area contributed by atoms with E-state index in [0.29, 0.717) is 5.69 Å². The van der Waals surface area contributed by atoms with Crippen LogP contribution in [-0.4, -0.2) is 23.0 Å². The Bertz CT molecular complexity index is 945. The summed E-state index contributed by atoms with van der Waals surface area (Å²) in [5.41, 5.74) is 6.12. The minimum Gasteiger partial charge on any atom is -0.358 e. The quantitative estimate of drug-likeness (QED) is 0.471. The number of H-pyrrole nitrogens is 1. The molecule has 0 radical (unpaired) electrons. The SMILES string of the molecule is Cc1[nH]c2ccccc2c1/C=N/NC(=O)CCC(=O)Nc1ccccc1. The Morgan fingerprint density at radius 2 is 1.69 bits per heavy atom. The van der Waals surface area contributed by atoms with Crippen molar-refractivity contribution in [3.05, 3.63) is 65.9 Å². The Kier molecular flexibility index (Phi) is 5.43. The van der Waals surface area contributed by atoms with E-state index in [9.17, 15) is 9.59 Å². The van der Waals surface area contributed by atoms with Gasteiger partial charge in [0.05, 0.1) is 6.21 Å². The van der Waals surface area contributed by atoms with E-state index in [1.807, 2.05) is 49.4 Å². The van der Waals surface area contributed by atoms with Crippen molar-refractivity contribution in [3.63, 3.8) is 0 Å². The molecule has 3 N–H and O–H groups in total. The van der Waals surface area contributed by atoms with E-state index in [4.69, 9.17) is 0 Å². The van der Waals surface area contributed by atoms with Gasteiger partial charge in [0, 0.05) is 40.7 Å². The van der Waals surface area contributed by atoms with Crippen molar-refractivity contribution in [2.24, 2.45) is 5.10 Å². The number of aromatic nitrogens is 1. The van der Waals surface area contributed by atoms with Crippen molar-refractivity contribution in [1.82, 2.24) is 10.4 Å². The van der Waals surface area contributed by atoms with E-state index >= 15 is 0 Å². The predicted octanol–water partition coefficient (Wildman–Crippen LogP) is 3.35. The maximum Gasteiger partial charge on any atom is 0.240 e. The number of hydrogen-bond acceptors (Lipinski definition) is 3. The number of carbonyl (C=O) groups excluding carboxylic acids is 2. The van der Waals surface area contributed by atoms with Crippen LogP contribution in [0.15, 0.2) is 59.7 Å². The van der Waals surface area contributed by atoms with Gasteiger partial charge in [0.15, 0.2) is 0 Å². The predicted molar refractivity (Wildman–Crippen MR) is 103 cm³/mol. The monoisotopic (exact) mass is 348 g/mol. The lowest BCUT2D eigenvalue weighted by Crippen LogP contribution is -2.20. The second-order valence-electron chi connectivity index (χ2n) is 5.92. The van der Waals surface area contributed by atoms with Crippen LogP contribution < -0.4 is 10.7 Å². The largest absolute Gasteiger partial charge is 0.358 e. The van der Waals surface area contributed by atoms with Crippen LogP contribution in [0, 0.1) is 6.92 Å². The number of nitrogens with one attached hydrogen (secondary N) is 3. The number of hydrazone groups is 1. The van der Waals surface area contributed by atoms with Crippen LogP contribution in [0.2, 0.25) is 0 Å². The zero-order chi connectivity index (χ0) is 18.4. The lowest BCUT2D eigenvalue weighted by Gasteiger charge is -2.04. The number of amides is 2. The number of benzene rings is 2. The molecule has 6 nitrogen and oxygen atoms in total. The third-order valence-electron chi connectivity index (χ3n) is 3.96. The fourth-order valence-corrected chi connectivity index (χ4v) is 2.66. The van der Waals surface area contributed by atoms with Crippen molar-refractivity contribution < 1.29 is 9.59 Å². The number of fused-ring (bicyclic) bond motifs is 1. The molecule has 1 heterocycles. The molecule has 3 rings (SSSR count). The van der Waals surface area contributed by atoms with Crippen molar-refractivity contribution in [2.75, 3.05) is 5.32 Å². The summed E-state index contributed by atoms with van der Waals surface area (Å²) in [7, 11) is 0. The third-order valence-corrected chi connectivity index (χ3v) is 3.96. The summed E-state index contributed by atoms with van der Waals surface area (Å²) >= 11 is 0. The average molecular weight is 348 g/mol. The first-order chi connectivity index (χ1) is 12.6. The molecular weight excluding hydrogens is 328 g/mol. The molecule has 0 aliphatic rings. The molecule has 2 amide bonds. The Morgan fingerprint density at radius 1 is 1.00 bits per heavy atom. The summed E-state index contributed by atoms with van der Waals surface area (Å²) in [5, 5.41) is 7.80. The summed E-state index contributed by atoms with van der Waals surface area (Å²) < 4.78 is 0. The van der Waals surface area contributed by atoms with Gasteiger partial charge in [0.25, 0.3) is 0 Å². The molecule has 0 fully saturated rings. The second-order valence-corrected chi connectivity index (χ2v) is 5.92. The molecule has 0 saturated carbocycles. The first-order valence-electron chi connectivity index (χ1n) is 8.37. The topological polar surface area (TPSA) is 86.3 Å². The molecular formula is C20H20N4O2. The molecule has 6 heteroatoms. The second kappa shape index (κ2) is 8.11. The highest BCUT2D eigenvalue weighted by Gasteiger charge is 2.08. The molecule has 0 aliphatic carbocycles. The Balaban J connectivity index is 1.50. The highest BCUT2D eigenvalue weighted by Crippen LogP contribution is 2.19. The molecule has 132 valence electrons. The fourth-order valence-electron chi connectivity index (χ4n) is 2.66. The molecule has 0 spiro atoms. The number of hydrogen-bond donors (Lipinski definition) is 3. The van der Waals surface area contributed by atoms with Gasteiger partial charge >= 0.3 is 0 Å². The highest BCUT2D eigenvalue weighted by molar-refractivity contribution is 6.01. The van der Waals surface area contributed by atoms with Crippen LogP contribution in [0.1, 0.15) is 24.1 Å². The van der Waals surface area contributed by atoms with Gasteiger partial charge in [0.1, 0.15) is 0 Å². The number of para-hydroxylation sites is 2. The van der Waals surface area contributed by atoms with Crippen LogP contribution in [0.3, 0.4) is 0 Å². The summed E-state index contributed by atoms with van der Waals surface area (Å²) in [5.74, 6) is -0.509. The van der Waals surface area contributed by atoms with E-state index in [1.54, 1.807) is 18.3 Å². The normalized spacial score (nSPS) is 11.0. The summed E-state index contributed by atoms with van der Waals surface area (Å²) in [6.45, 7) is 1.96. The molecule has 2 aromatic carbocycles. The van der Waals surface area contributed by atoms with Crippen LogP contribution in [0.5, 0.6) is 0 Å². The summed E-state index contributed by atoms with van der Waals surface area (Å²) in [6, 6.07) is 17.0. The van der Waals surface area contributed by atoms with E-state index in [-0.39, 0.29) is 24.7 Å². The molecule has 0 aliphatic heterocycles. The maximum atomic E-state index is 11.9.